The fraction of sp³-hybridized carbons (Fsp3) is 0.500. The van der Waals surface area contributed by atoms with Crippen molar-refractivity contribution in [2.24, 2.45) is 5.41 Å². The first kappa shape index (κ1) is 15.7. The molecule has 19 heavy (non-hydrogen) atoms. The molecular weight excluding hydrogens is 264 g/mol. The minimum absolute atomic E-state index is 0.132. The summed E-state index contributed by atoms with van der Waals surface area (Å²) in [5, 5.41) is 9.06. The van der Waals surface area contributed by atoms with Gasteiger partial charge in [-0.2, -0.15) is 0 Å². The molecule has 0 spiro atoms. The van der Waals surface area contributed by atoms with Gasteiger partial charge in [0.05, 0.1) is 11.2 Å². The van der Waals surface area contributed by atoms with E-state index < -0.39 is 21.2 Å². The third kappa shape index (κ3) is 5.42. The van der Waals surface area contributed by atoms with Crippen LogP contribution in [0.2, 0.25) is 0 Å². The van der Waals surface area contributed by atoms with Gasteiger partial charge in [0.15, 0.2) is 0 Å². The highest BCUT2D eigenvalue weighted by molar-refractivity contribution is 7.90. The predicted molar refractivity (Wildman–Crippen MR) is 75.0 cm³/mol. The van der Waals surface area contributed by atoms with E-state index in [1.54, 1.807) is 13.8 Å². The van der Waals surface area contributed by atoms with Crippen LogP contribution >= 0.6 is 0 Å². The molecule has 1 aromatic carbocycles. The molecule has 0 aromatic heterocycles. The fourth-order valence-electron chi connectivity index (χ4n) is 1.71. The molecule has 0 aliphatic heterocycles. The van der Waals surface area contributed by atoms with Crippen molar-refractivity contribution in [1.82, 2.24) is 0 Å². The number of carboxylic acids is 1. The standard InChI is InChI=1S/C14H20O4S/c1-14(2,13(15)16)10-12-6-4-11(5-7-12)8-9-19(3,17)18/h4-7H,8-10H2,1-3H3,(H,15,16). The first-order valence-electron chi connectivity index (χ1n) is 6.09. The van der Waals surface area contributed by atoms with Crippen LogP contribution in [0, 0.1) is 5.41 Å². The number of hydrogen-bond acceptors (Lipinski definition) is 3. The van der Waals surface area contributed by atoms with Crippen molar-refractivity contribution in [3.63, 3.8) is 0 Å². The summed E-state index contributed by atoms with van der Waals surface area (Å²) in [6.45, 7) is 3.37. The van der Waals surface area contributed by atoms with E-state index in [4.69, 9.17) is 5.11 Å². The molecule has 0 atom stereocenters. The highest BCUT2D eigenvalue weighted by atomic mass is 32.2. The molecular formula is C14H20O4S. The first-order chi connectivity index (χ1) is 8.60. The zero-order chi connectivity index (χ0) is 14.7. The molecule has 0 heterocycles. The summed E-state index contributed by atoms with van der Waals surface area (Å²) in [6, 6.07) is 7.45. The van der Waals surface area contributed by atoms with E-state index in [1.165, 1.54) is 6.26 Å². The molecule has 0 radical (unpaired) electrons. The largest absolute Gasteiger partial charge is 0.481 e. The van der Waals surface area contributed by atoms with Gasteiger partial charge in [-0.15, -0.1) is 0 Å². The average molecular weight is 284 g/mol. The van der Waals surface area contributed by atoms with Crippen LogP contribution in [0.5, 0.6) is 0 Å². The van der Waals surface area contributed by atoms with E-state index in [9.17, 15) is 13.2 Å². The van der Waals surface area contributed by atoms with Gasteiger partial charge in [-0.1, -0.05) is 24.3 Å². The third-order valence-electron chi connectivity index (χ3n) is 3.01. The zero-order valence-corrected chi connectivity index (χ0v) is 12.3. The van der Waals surface area contributed by atoms with Gasteiger partial charge in [0.25, 0.3) is 0 Å². The molecule has 0 amide bonds. The van der Waals surface area contributed by atoms with E-state index in [-0.39, 0.29) is 5.75 Å². The minimum Gasteiger partial charge on any atom is -0.481 e. The van der Waals surface area contributed by atoms with E-state index in [1.807, 2.05) is 24.3 Å². The van der Waals surface area contributed by atoms with Gasteiger partial charge in [0.1, 0.15) is 9.84 Å². The Morgan fingerprint density at radius 1 is 1.16 bits per heavy atom. The molecule has 4 nitrogen and oxygen atoms in total. The highest BCUT2D eigenvalue weighted by Gasteiger charge is 2.27. The number of hydrogen-bond donors (Lipinski definition) is 1. The Balaban J connectivity index is 2.69. The Bertz CT molecular complexity index is 541. The quantitative estimate of drug-likeness (QED) is 0.866. The molecule has 1 N–H and O–H groups in total. The normalized spacial score (nSPS) is 12.4. The van der Waals surface area contributed by atoms with Crippen molar-refractivity contribution < 1.29 is 18.3 Å². The first-order valence-corrected chi connectivity index (χ1v) is 8.15. The highest BCUT2D eigenvalue weighted by Crippen LogP contribution is 2.22. The van der Waals surface area contributed by atoms with Crippen LogP contribution in [0.15, 0.2) is 24.3 Å². The topological polar surface area (TPSA) is 71.4 Å². The fourth-order valence-corrected chi connectivity index (χ4v) is 2.32. The maximum absolute atomic E-state index is 11.1. The Hall–Kier alpha value is -1.36. The van der Waals surface area contributed by atoms with Gasteiger partial charge in [-0.05, 0) is 37.8 Å². The molecule has 0 saturated heterocycles. The third-order valence-corrected chi connectivity index (χ3v) is 3.96. The molecule has 5 heteroatoms. The van der Waals surface area contributed by atoms with Crippen LogP contribution in [0.1, 0.15) is 25.0 Å². The van der Waals surface area contributed by atoms with Crippen LogP contribution in [0.25, 0.3) is 0 Å². The summed E-state index contributed by atoms with van der Waals surface area (Å²) in [5.74, 6) is -0.693. The van der Waals surface area contributed by atoms with Crippen LogP contribution in [0.4, 0.5) is 0 Å². The Morgan fingerprint density at radius 3 is 2.05 bits per heavy atom. The van der Waals surface area contributed by atoms with Crippen LogP contribution in [-0.2, 0) is 27.5 Å². The number of aliphatic carboxylic acids is 1. The van der Waals surface area contributed by atoms with Gasteiger partial charge < -0.3 is 5.11 Å². The van der Waals surface area contributed by atoms with Crippen molar-refractivity contribution in [2.45, 2.75) is 26.7 Å². The number of rotatable bonds is 6. The van der Waals surface area contributed by atoms with Gasteiger partial charge in [0.2, 0.25) is 0 Å². The van der Waals surface area contributed by atoms with Crippen LogP contribution in [-0.4, -0.2) is 31.5 Å². The molecule has 0 aliphatic carbocycles. The minimum atomic E-state index is -2.95. The van der Waals surface area contributed by atoms with E-state index in [0.717, 1.165) is 11.1 Å². The van der Waals surface area contributed by atoms with Crippen LogP contribution < -0.4 is 0 Å². The average Bonchev–Trinajstić information content (AvgIpc) is 2.26. The molecule has 1 rings (SSSR count). The number of carbonyl (C=O) groups is 1. The van der Waals surface area contributed by atoms with Crippen LogP contribution in [0.3, 0.4) is 0 Å². The lowest BCUT2D eigenvalue weighted by Crippen LogP contribution is -2.26. The maximum atomic E-state index is 11.1. The number of benzene rings is 1. The number of aryl methyl sites for hydroxylation is 1. The molecule has 0 saturated carbocycles. The van der Waals surface area contributed by atoms with Crippen molar-refractivity contribution in [3.8, 4) is 0 Å². The molecule has 0 aliphatic rings. The van der Waals surface area contributed by atoms with Crippen molar-refractivity contribution in [3.05, 3.63) is 35.4 Å². The van der Waals surface area contributed by atoms with E-state index in [2.05, 4.69) is 0 Å². The van der Waals surface area contributed by atoms with Crippen molar-refractivity contribution >= 4 is 15.8 Å². The monoisotopic (exact) mass is 284 g/mol. The summed E-state index contributed by atoms with van der Waals surface area (Å²) in [6.07, 6.45) is 2.16. The molecule has 0 unspecified atom stereocenters. The Morgan fingerprint density at radius 2 is 1.63 bits per heavy atom. The molecule has 0 bridgehead atoms. The van der Waals surface area contributed by atoms with E-state index in [0.29, 0.717) is 12.8 Å². The number of carboxylic acid groups (broad SMARTS) is 1. The van der Waals surface area contributed by atoms with Gasteiger partial charge in [0, 0.05) is 6.26 Å². The second-order valence-electron chi connectivity index (χ2n) is 5.56. The molecule has 0 fully saturated rings. The second kappa shape index (κ2) is 5.74. The predicted octanol–water partition coefficient (Wildman–Crippen LogP) is 1.93. The lowest BCUT2D eigenvalue weighted by atomic mass is 9.86. The Kier molecular flexibility index (Phi) is 4.74. The zero-order valence-electron chi connectivity index (χ0n) is 11.5. The van der Waals surface area contributed by atoms with Gasteiger partial charge >= 0.3 is 5.97 Å². The SMILES string of the molecule is CC(C)(Cc1ccc(CCS(C)(=O)=O)cc1)C(=O)O. The summed E-state index contributed by atoms with van der Waals surface area (Å²) in [4.78, 5) is 11.0. The summed E-state index contributed by atoms with van der Waals surface area (Å²) < 4.78 is 22.1. The van der Waals surface area contributed by atoms with Gasteiger partial charge in [-0.3, -0.25) is 4.79 Å². The smallest absolute Gasteiger partial charge is 0.309 e. The van der Waals surface area contributed by atoms with E-state index >= 15 is 0 Å². The lowest BCUT2D eigenvalue weighted by molar-refractivity contribution is -0.146. The number of sulfone groups is 1. The van der Waals surface area contributed by atoms with Gasteiger partial charge in [-0.25, -0.2) is 8.42 Å². The lowest BCUT2D eigenvalue weighted by Gasteiger charge is -2.19. The maximum Gasteiger partial charge on any atom is 0.309 e. The molecule has 1 aromatic rings. The molecule has 106 valence electrons. The van der Waals surface area contributed by atoms with Crippen molar-refractivity contribution in [2.75, 3.05) is 12.0 Å². The summed E-state index contributed by atoms with van der Waals surface area (Å²) >= 11 is 0. The second-order valence-corrected chi connectivity index (χ2v) is 7.82. The Labute approximate surface area is 114 Å². The van der Waals surface area contributed by atoms with Crippen molar-refractivity contribution in [1.29, 1.82) is 0 Å². The summed E-state index contributed by atoms with van der Waals surface area (Å²) in [7, 11) is -2.95. The summed E-state index contributed by atoms with van der Waals surface area (Å²) in [5.41, 5.74) is 1.09.